The summed E-state index contributed by atoms with van der Waals surface area (Å²) in [6.45, 7) is 1.66. The second kappa shape index (κ2) is 5.15. The molecular formula is C14H12O2S. The van der Waals surface area contributed by atoms with Crippen LogP contribution in [0.15, 0.2) is 53.0 Å². The van der Waals surface area contributed by atoms with Crippen molar-refractivity contribution in [1.29, 1.82) is 0 Å². The maximum absolute atomic E-state index is 11.7. The first-order chi connectivity index (χ1) is 8.16. The predicted molar refractivity (Wildman–Crippen MR) is 69.6 cm³/mol. The fraction of sp³-hybridized carbons (Fsp3) is 0.143. The molecule has 0 atom stereocenters. The number of rotatable bonds is 3. The molecule has 1 aliphatic carbocycles. The Kier molecular flexibility index (Phi) is 3.59. The second-order valence-electron chi connectivity index (χ2n) is 3.84. The van der Waals surface area contributed by atoms with E-state index < -0.39 is 0 Å². The molecule has 2 rings (SSSR count). The number of benzene rings is 1. The lowest BCUT2D eigenvalue weighted by atomic mass is 10.1. The zero-order valence-electron chi connectivity index (χ0n) is 9.47. The Balaban J connectivity index is 2.04. The van der Waals surface area contributed by atoms with Crippen molar-refractivity contribution in [3.05, 3.63) is 58.5 Å². The molecule has 0 radical (unpaired) electrons. The Bertz CT molecular complexity index is 512. The highest BCUT2D eigenvalue weighted by Gasteiger charge is 2.17. The van der Waals surface area contributed by atoms with Gasteiger partial charge in [0.2, 0.25) is 0 Å². The topological polar surface area (TPSA) is 34.1 Å². The molecule has 1 aromatic rings. The molecule has 1 aromatic carbocycles. The summed E-state index contributed by atoms with van der Waals surface area (Å²) in [7, 11) is 0. The Morgan fingerprint density at radius 3 is 2.41 bits per heavy atom. The van der Waals surface area contributed by atoms with E-state index >= 15 is 0 Å². The van der Waals surface area contributed by atoms with Crippen molar-refractivity contribution in [2.75, 3.05) is 0 Å². The fourth-order valence-corrected chi connectivity index (χ4v) is 2.40. The van der Waals surface area contributed by atoms with E-state index in [4.69, 9.17) is 0 Å². The van der Waals surface area contributed by atoms with Gasteiger partial charge < -0.3 is 0 Å². The minimum Gasteiger partial charge on any atom is -0.290 e. The van der Waals surface area contributed by atoms with Crippen LogP contribution in [0.1, 0.15) is 12.5 Å². The summed E-state index contributed by atoms with van der Waals surface area (Å²) in [5, 5.41) is 0. The number of allylic oxidation sites excluding steroid dienone is 4. The molecular weight excluding hydrogens is 232 g/mol. The van der Waals surface area contributed by atoms with Crippen LogP contribution in [0.3, 0.4) is 0 Å². The smallest absolute Gasteiger partial charge is 0.192 e. The van der Waals surface area contributed by atoms with Gasteiger partial charge in [-0.2, -0.15) is 0 Å². The van der Waals surface area contributed by atoms with E-state index in [0.29, 0.717) is 16.2 Å². The molecule has 0 spiro atoms. The lowest BCUT2D eigenvalue weighted by Gasteiger charge is -2.08. The predicted octanol–water partition coefficient (Wildman–Crippen LogP) is 2.90. The third-order valence-electron chi connectivity index (χ3n) is 2.48. The normalized spacial score (nSPS) is 15.6. The van der Waals surface area contributed by atoms with E-state index in [9.17, 15) is 9.59 Å². The molecule has 0 N–H and O–H groups in total. The van der Waals surface area contributed by atoms with Gasteiger partial charge in [0.1, 0.15) is 0 Å². The Hall–Kier alpha value is -1.61. The van der Waals surface area contributed by atoms with E-state index in [-0.39, 0.29) is 11.6 Å². The highest BCUT2D eigenvalue weighted by atomic mass is 32.2. The van der Waals surface area contributed by atoms with Crippen molar-refractivity contribution >= 4 is 23.3 Å². The summed E-state index contributed by atoms with van der Waals surface area (Å²) < 4.78 is 0. The number of carbonyl (C=O) groups is 2. The molecule has 0 fully saturated rings. The number of thioether (sulfide) groups is 1. The Morgan fingerprint density at radius 1 is 1.00 bits per heavy atom. The van der Waals surface area contributed by atoms with Gasteiger partial charge in [-0.15, -0.1) is 11.8 Å². The van der Waals surface area contributed by atoms with Crippen LogP contribution in [-0.2, 0) is 15.3 Å². The molecule has 0 heterocycles. The Labute approximate surface area is 104 Å². The van der Waals surface area contributed by atoms with Gasteiger partial charge in [0.05, 0.1) is 4.91 Å². The average molecular weight is 244 g/mol. The zero-order chi connectivity index (χ0) is 12.3. The van der Waals surface area contributed by atoms with E-state index in [1.165, 1.54) is 23.9 Å². The van der Waals surface area contributed by atoms with Crippen molar-refractivity contribution in [2.45, 2.75) is 12.7 Å². The minimum absolute atomic E-state index is 0.0666. The minimum atomic E-state index is -0.0693. The van der Waals surface area contributed by atoms with Crippen molar-refractivity contribution in [2.24, 2.45) is 0 Å². The zero-order valence-corrected chi connectivity index (χ0v) is 10.3. The van der Waals surface area contributed by atoms with Crippen LogP contribution in [-0.4, -0.2) is 11.6 Å². The molecule has 86 valence electrons. The molecule has 3 heteroatoms. The SMILES string of the molecule is CC1=CC(=O)C(SCc2ccccc2)=CC1=O. The van der Waals surface area contributed by atoms with Crippen molar-refractivity contribution in [3.8, 4) is 0 Å². The van der Waals surface area contributed by atoms with Gasteiger partial charge in [-0.1, -0.05) is 30.3 Å². The first-order valence-electron chi connectivity index (χ1n) is 5.32. The van der Waals surface area contributed by atoms with Gasteiger partial charge in [-0.05, 0) is 18.6 Å². The largest absolute Gasteiger partial charge is 0.290 e. The molecule has 2 nitrogen and oxygen atoms in total. The summed E-state index contributed by atoms with van der Waals surface area (Å²) in [4.78, 5) is 23.6. The van der Waals surface area contributed by atoms with Gasteiger partial charge in [0.25, 0.3) is 0 Å². The molecule has 0 saturated carbocycles. The molecule has 0 aliphatic heterocycles. The highest BCUT2D eigenvalue weighted by molar-refractivity contribution is 8.03. The van der Waals surface area contributed by atoms with Gasteiger partial charge in [0.15, 0.2) is 11.6 Å². The summed E-state index contributed by atoms with van der Waals surface area (Å²) in [6.07, 6.45) is 2.85. The Morgan fingerprint density at radius 2 is 1.71 bits per heavy atom. The molecule has 17 heavy (non-hydrogen) atoms. The average Bonchev–Trinajstić information content (AvgIpc) is 2.33. The van der Waals surface area contributed by atoms with Crippen molar-refractivity contribution in [3.63, 3.8) is 0 Å². The number of hydrogen-bond acceptors (Lipinski definition) is 3. The third kappa shape index (κ3) is 2.94. The van der Waals surface area contributed by atoms with E-state index in [2.05, 4.69) is 0 Å². The standard InChI is InChI=1S/C14H12O2S/c1-10-7-13(16)14(8-12(10)15)17-9-11-5-3-2-4-6-11/h2-8H,9H2,1H3. The molecule has 0 bridgehead atoms. The third-order valence-corrected chi connectivity index (χ3v) is 3.59. The van der Waals surface area contributed by atoms with Crippen LogP contribution in [0.25, 0.3) is 0 Å². The fourth-order valence-electron chi connectivity index (χ4n) is 1.49. The van der Waals surface area contributed by atoms with E-state index in [1.54, 1.807) is 6.92 Å². The first kappa shape index (κ1) is 11.9. The summed E-state index contributed by atoms with van der Waals surface area (Å²) in [5.41, 5.74) is 1.66. The van der Waals surface area contributed by atoms with Gasteiger partial charge in [-0.3, -0.25) is 9.59 Å². The van der Waals surface area contributed by atoms with Crippen LogP contribution in [0.5, 0.6) is 0 Å². The number of hydrogen-bond donors (Lipinski definition) is 0. The molecule has 0 aromatic heterocycles. The molecule has 0 saturated heterocycles. The summed E-state index contributed by atoms with van der Waals surface area (Å²) >= 11 is 1.41. The summed E-state index contributed by atoms with van der Waals surface area (Å²) in [6, 6.07) is 9.88. The monoisotopic (exact) mass is 244 g/mol. The van der Waals surface area contributed by atoms with Crippen LogP contribution < -0.4 is 0 Å². The van der Waals surface area contributed by atoms with Crippen LogP contribution in [0.4, 0.5) is 0 Å². The van der Waals surface area contributed by atoms with Gasteiger partial charge in [-0.25, -0.2) is 0 Å². The van der Waals surface area contributed by atoms with Gasteiger partial charge in [0, 0.05) is 17.4 Å². The quantitative estimate of drug-likeness (QED) is 0.767. The molecule has 1 aliphatic rings. The maximum Gasteiger partial charge on any atom is 0.192 e. The lowest BCUT2D eigenvalue weighted by molar-refractivity contribution is -0.114. The van der Waals surface area contributed by atoms with Gasteiger partial charge >= 0.3 is 0 Å². The van der Waals surface area contributed by atoms with Crippen LogP contribution in [0, 0.1) is 0 Å². The first-order valence-corrected chi connectivity index (χ1v) is 6.31. The highest BCUT2D eigenvalue weighted by Crippen LogP contribution is 2.25. The van der Waals surface area contributed by atoms with Crippen molar-refractivity contribution < 1.29 is 9.59 Å². The van der Waals surface area contributed by atoms with Crippen LogP contribution in [0.2, 0.25) is 0 Å². The van der Waals surface area contributed by atoms with E-state index in [0.717, 1.165) is 5.56 Å². The van der Waals surface area contributed by atoms with Crippen molar-refractivity contribution in [1.82, 2.24) is 0 Å². The van der Waals surface area contributed by atoms with Crippen LogP contribution >= 0.6 is 11.8 Å². The maximum atomic E-state index is 11.7. The number of ketones is 2. The lowest BCUT2D eigenvalue weighted by Crippen LogP contribution is -2.09. The molecule has 0 unspecified atom stereocenters. The van der Waals surface area contributed by atoms with E-state index in [1.807, 2.05) is 30.3 Å². The molecule has 0 amide bonds. The summed E-state index contributed by atoms with van der Waals surface area (Å²) in [5.74, 6) is 0.571. The number of carbonyl (C=O) groups excluding carboxylic acids is 2. The second-order valence-corrected chi connectivity index (χ2v) is 4.86.